The number of carbonyl (C=O) groups excluding carboxylic acids is 1. The van der Waals surface area contributed by atoms with E-state index in [0.717, 1.165) is 38.7 Å². The van der Waals surface area contributed by atoms with Crippen molar-refractivity contribution in [2.24, 2.45) is 5.10 Å². The number of aryl methyl sites for hydroxylation is 1. The van der Waals surface area contributed by atoms with E-state index < -0.39 is 0 Å². The Bertz CT molecular complexity index is 2110. The lowest BCUT2D eigenvalue weighted by molar-refractivity contribution is -0.114. The van der Waals surface area contributed by atoms with Gasteiger partial charge in [0.2, 0.25) is 0 Å². The molecule has 8 heteroatoms. The van der Waals surface area contributed by atoms with Crippen molar-refractivity contribution in [2.45, 2.75) is 18.4 Å². The zero-order valence-corrected chi connectivity index (χ0v) is 27.7. The maximum Gasteiger partial charge on any atom is 0.280 e. The fourth-order valence-electron chi connectivity index (χ4n) is 5.31. The first kappa shape index (κ1) is 31.2. The second-order valence-electron chi connectivity index (χ2n) is 11.3. The van der Waals surface area contributed by atoms with Crippen molar-refractivity contribution in [1.29, 1.82) is 0 Å². The number of hydrazone groups is 1. The van der Waals surface area contributed by atoms with Gasteiger partial charge in [-0.2, -0.15) is 15.2 Å². The molecule has 5 aromatic carbocycles. The first-order chi connectivity index (χ1) is 23.5. The second kappa shape index (κ2) is 14.2. The summed E-state index contributed by atoms with van der Waals surface area (Å²) >= 11 is 7.71. The van der Waals surface area contributed by atoms with Crippen LogP contribution in [0.2, 0.25) is 5.02 Å². The van der Waals surface area contributed by atoms with Gasteiger partial charge in [-0.1, -0.05) is 90.0 Å². The van der Waals surface area contributed by atoms with Gasteiger partial charge in [0, 0.05) is 33.0 Å². The summed E-state index contributed by atoms with van der Waals surface area (Å²) in [6.07, 6.45) is 3.88. The van der Waals surface area contributed by atoms with Crippen molar-refractivity contribution in [3.8, 4) is 22.7 Å². The summed E-state index contributed by atoms with van der Waals surface area (Å²) in [6.45, 7) is 2.47. The largest absolute Gasteiger partial charge is 0.489 e. The number of hydrogen-bond acceptors (Lipinski definition) is 5. The van der Waals surface area contributed by atoms with Gasteiger partial charge in [0.15, 0.2) is 0 Å². The number of rotatable bonds is 10. The Morgan fingerprint density at radius 3 is 2.25 bits per heavy atom. The molecule has 0 spiro atoms. The van der Waals surface area contributed by atoms with Crippen molar-refractivity contribution in [1.82, 2.24) is 9.78 Å². The number of anilines is 1. The highest BCUT2D eigenvalue weighted by atomic mass is 35.5. The minimum atomic E-state index is -0.181. The van der Waals surface area contributed by atoms with E-state index in [0.29, 0.717) is 34.4 Å². The summed E-state index contributed by atoms with van der Waals surface area (Å²) < 4.78 is 8.00. The Balaban J connectivity index is 1.26. The number of aromatic nitrogens is 2. The molecule has 1 amide bonds. The molecule has 0 N–H and O–H groups in total. The SMILES string of the molecule is Cc1ccc(SCC2=NN(c3ccccc3)C(=O)/C2=C\c2cn(-c3ccccc3)nc2-c2cccc(OCc3ccc(Cl)cc3)c2)cc1. The summed E-state index contributed by atoms with van der Waals surface area (Å²) in [6, 6.07) is 43.3. The van der Waals surface area contributed by atoms with Gasteiger partial charge in [-0.15, -0.1) is 11.8 Å². The van der Waals surface area contributed by atoms with Crippen LogP contribution in [0.25, 0.3) is 23.0 Å². The van der Waals surface area contributed by atoms with Gasteiger partial charge in [-0.25, -0.2) is 4.68 Å². The van der Waals surface area contributed by atoms with Crippen LogP contribution in [-0.2, 0) is 11.4 Å². The molecular formula is C40H31ClN4O2S. The predicted octanol–water partition coefficient (Wildman–Crippen LogP) is 9.66. The van der Waals surface area contributed by atoms with E-state index in [1.54, 1.807) is 11.8 Å². The minimum absolute atomic E-state index is 0.181. The predicted molar refractivity (Wildman–Crippen MR) is 196 cm³/mol. The molecule has 0 radical (unpaired) electrons. The normalized spacial score (nSPS) is 13.6. The van der Waals surface area contributed by atoms with Crippen LogP contribution in [0.1, 0.15) is 16.7 Å². The Kier molecular flexibility index (Phi) is 9.23. The molecule has 7 rings (SSSR count). The zero-order chi connectivity index (χ0) is 32.9. The molecule has 0 aliphatic carbocycles. The highest BCUT2D eigenvalue weighted by Gasteiger charge is 2.31. The van der Waals surface area contributed by atoms with Crippen LogP contribution < -0.4 is 9.75 Å². The van der Waals surface area contributed by atoms with Gasteiger partial charge in [-0.3, -0.25) is 4.79 Å². The maximum atomic E-state index is 14.1. The van der Waals surface area contributed by atoms with Crippen LogP contribution in [0.15, 0.2) is 155 Å². The summed E-state index contributed by atoms with van der Waals surface area (Å²) in [5.41, 5.74) is 7.45. The van der Waals surface area contributed by atoms with E-state index in [2.05, 4.69) is 31.2 Å². The van der Waals surface area contributed by atoms with Crippen molar-refractivity contribution < 1.29 is 9.53 Å². The van der Waals surface area contributed by atoms with E-state index in [1.165, 1.54) is 10.6 Å². The molecule has 6 nitrogen and oxygen atoms in total. The third kappa shape index (κ3) is 7.13. The Labute approximate surface area is 289 Å². The second-order valence-corrected chi connectivity index (χ2v) is 12.8. The van der Waals surface area contributed by atoms with Crippen LogP contribution in [0.3, 0.4) is 0 Å². The number of benzene rings is 5. The molecule has 0 unspecified atom stereocenters. The van der Waals surface area contributed by atoms with Crippen molar-refractivity contribution in [2.75, 3.05) is 10.8 Å². The lowest BCUT2D eigenvalue weighted by atomic mass is 10.0. The molecule has 0 bridgehead atoms. The van der Waals surface area contributed by atoms with Gasteiger partial charge in [0.05, 0.1) is 22.7 Å². The zero-order valence-electron chi connectivity index (χ0n) is 26.2. The number of halogens is 1. The number of carbonyl (C=O) groups is 1. The molecule has 0 atom stereocenters. The quantitative estimate of drug-likeness (QED) is 0.108. The summed E-state index contributed by atoms with van der Waals surface area (Å²) in [5, 5.41) is 12.0. The molecule has 1 aliphatic heterocycles. The van der Waals surface area contributed by atoms with Gasteiger partial charge >= 0.3 is 0 Å². The Hall–Kier alpha value is -5.37. The molecule has 0 fully saturated rings. The van der Waals surface area contributed by atoms with Crippen molar-refractivity contribution in [3.63, 3.8) is 0 Å². The minimum Gasteiger partial charge on any atom is -0.489 e. The number of thioether (sulfide) groups is 1. The maximum absolute atomic E-state index is 14.1. The number of amides is 1. The Morgan fingerprint density at radius 2 is 1.52 bits per heavy atom. The smallest absolute Gasteiger partial charge is 0.280 e. The lowest BCUT2D eigenvalue weighted by Crippen LogP contribution is -2.21. The topological polar surface area (TPSA) is 59.7 Å². The summed E-state index contributed by atoms with van der Waals surface area (Å²) in [5.74, 6) is 1.05. The van der Waals surface area contributed by atoms with Crippen LogP contribution in [0, 0.1) is 6.92 Å². The van der Waals surface area contributed by atoms with Crippen LogP contribution >= 0.6 is 23.4 Å². The highest BCUT2D eigenvalue weighted by molar-refractivity contribution is 8.00. The van der Waals surface area contributed by atoms with E-state index >= 15 is 0 Å². The molecule has 0 saturated carbocycles. The average molecular weight is 667 g/mol. The van der Waals surface area contributed by atoms with Gasteiger partial charge in [0.1, 0.15) is 18.1 Å². The number of para-hydroxylation sites is 2. The number of nitrogens with zero attached hydrogens (tertiary/aromatic N) is 4. The van der Waals surface area contributed by atoms with Gasteiger partial charge in [0.25, 0.3) is 5.91 Å². The van der Waals surface area contributed by atoms with Crippen LogP contribution in [0.5, 0.6) is 5.75 Å². The van der Waals surface area contributed by atoms with Crippen molar-refractivity contribution >= 4 is 46.7 Å². The summed E-state index contributed by atoms with van der Waals surface area (Å²) in [4.78, 5) is 15.2. The van der Waals surface area contributed by atoms with E-state index in [4.69, 9.17) is 26.5 Å². The first-order valence-electron chi connectivity index (χ1n) is 15.5. The van der Waals surface area contributed by atoms with Gasteiger partial charge in [-0.05, 0) is 79.2 Å². The van der Waals surface area contributed by atoms with Crippen LogP contribution in [-0.4, -0.2) is 27.2 Å². The molecule has 6 aromatic rings. The molecule has 1 aliphatic rings. The standard InChI is InChI=1S/C40H31ClN4O2S/c1-28-15-21-36(22-16-28)48-27-38-37(40(46)45(42-38)34-12-6-3-7-13-34)24-31-25-44(33-10-4-2-5-11-33)43-39(31)30-9-8-14-35(23-30)47-26-29-17-19-32(41)20-18-29/h2-25H,26-27H2,1H3/b37-24-. The molecule has 1 aromatic heterocycles. The fraction of sp³-hybridized carbons (Fsp3) is 0.0750. The highest BCUT2D eigenvalue weighted by Crippen LogP contribution is 2.33. The molecule has 2 heterocycles. The fourth-order valence-corrected chi connectivity index (χ4v) is 6.28. The molecule has 236 valence electrons. The average Bonchev–Trinajstić information content (AvgIpc) is 3.69. The van der Waals surface area contributed by atoms with E-state index in [1.807, 2.05) is 126 Å². The van der Waals surface area contributed by atoms with Gasteiger partial charge < -0.3 is 4.74 Å². The summed E-state index contributed by atoms with van der Waals surface area (Å²) in [7, 11) is 0. The van der Waals surface area contributed by atoms with E-state index in [9.17, 15) is 4.79 Å². The molecular weight excluding hydrogens is 636 g/mol. The number of ether oxygens (including phenoxy) is 1. The monoisotopic (exact) mass is 666 g/mol. The van der Waals surface area contributed by atoms with E-state index in [-0.39, 0.29) is 5.91 Å². The van der Waals surface area contributed by atoms with Crippen LogP contribution in [0.4, 0.5) is 5.69 Å². The lowest BCUT2D eigenvalue weighted by Gasteiger charge is -2.11. The Morgan fingerprint density at radius 1 is 0.812 bits per heavy atom. The molecule has 48 heavy (non-hydrogen) atoms. The van der Waals surface area contributed by atoms with Crippen molar-refractivity contribution in [3.05, 3.63) is 167 Å². The third-order valence-electron chi connectivity index (χ3n) is 7.84. The molecule has 0 saturated heterocycles. The number of hydrogen-bond donors (Lipinski definition) is 0. The third-order valence-corrected chi connectivity index (χ3v) is 9.12. The first-order valence-corrected chi connectivity index (χ1v) is 16.9.